The molecule has 5 rings (SSSR count). The second-order valence-corrected chi connectivity index (χ2v) is 25.8. The van der Waals surface area contributed by atoms with Crippen molar-refractivity contribution in [2.75, 3.05) is 6.61 Å². The van der Waals surface area contributed by atoms with Gasteiger partial charge in [-0.15, -0.1) is 0 Å². The number of nitrogens with zero attached hydrogens (tertiary/aromatic N) is 4. The quantitative estimate of drug-likeness (QED) is 0.211. The van der Waals surface area contributed by atoms with E-state index in [1.54, 1.807) is 6.33 Å². The van der Waals surface area contributed by atoms with Crippen LogP contribution in [0, 0.1) is 0 Å². The molecule has 2 aromatic heterocycles. The third-order valence-corrected chi connectivity index (χ3v) is 19.3. The number of rotatable bonds is 9. The fourth-order valence-corrected chi connectivity index (χ4v) is 7.47. The fourth-order valence-electron chi connectivity index (χ4n) is 5.09. The van der Waals surface area contributed by atoms with Crippen molar-refractivity contribution in [2.45, 2.75) is 142 Å². The van der Waals surface area contributed by atoms with E-state index in [1.807, 2.05) is 18.4 Å². The lowest BCUT2D eigenvalue weighted by Gasteiger charge is -2.40. The minimum atomic E-state index is -2.07. The predicted octanol–water partition coefficient (Wildman–Crippen LogP) is 7.89. The molecule has 254 valence electrons. The van der Waals surface area contributed by atoms with Crippen LogP contribution in [0.2, 0.25) is 36.3 Å². The highest BCUT2D eigenvalue weighted by atomic mass is 28.4. The smallest absolute Gasteiger partial charge is 0.245 e. The maximum absolute atomic E-state index is 6.98. The van der Waals surface area contributed by atoms with Gasteiger partial charge in [-0.25, -0.2) is 9.97 Å². The zero-order valence-electron chi connectivity index (χ0n) is 29.9. The van der Waals surface area contributed by atoms with E-state index in [0.29, 0.717) is 49.9 Å². The highest BCUT2D eigenvalue weighted by Gasteiger charge is 2.47. The molecule has 2 aliphatic heterocycles. The van der Waals surface area contributed by atoms with Crippen LogP contribution in [0.3, 0.4) is 0 Å². The third kappa shape index (κ3) is 7.58. The van der Waals surface area contributed by atoms with Gasteiger partial charge in [0, 0.05) is 6.42 Å². The Hall–Kier alpha value is -2.20. The summed E-state index contributed by atoms with van der Waals surface area (Å²) in [5, 5.41) is 0.179. The normalized spacial score (nSPS) is 22.6. The van der Waals surface area contributed by atoms with Crippen molar-refractivity contribution < 1.29 is 27.8 Å². The van der Waals surface area contributed by atoms with Crippen molar-refractivity contribution in [1.82, 2.24) is 19.5 Å². The Bertz CT molecular complexity index is 1530. The summed E-state index contributed by atoms with van der Waals surface area (Å²) in [5.74, 6) is -0.178. The molecule has 1 saturated heterocycles. The van der Waals surface area contributed by atoms with Crippen LogP contribution in [0.4, 0.5) is 0 Å². The molecule has 0 aliphatic carbocycles. The molecular weight excluding hydrogens is 617 g/mol. The summed E-state index contributed by atoms with van der Waals surface area (Å²) >= 11 is 0. The van der Waals surface area contributed by atoms with Gasteiger partial charge in [0.25, 0.3) is 0 Å². The van der Waals surface area contributed by atoms with Gasteiger partial charge in [0.05, 0.1) is 32.3 Å². The molecule has 0 bridgehead atoms. The fraction of sp³-hybridized carbons (Fsp3) is 0.676. The van der Waals surface area contributed by atoms with Crippen LogP contribution in [-0.4, -0.2) is 60.8 Å². The van der Waals surface area contributed by atoms with E-state index >= 15 is 0 Å². The molecule has 4 heterocycles. The lowest BCUT2D eigenvalue weighted by Crippen LogP contribution is -2.48. The molecule has 3 aromatic rings. The van der Waals surface area contributed by atoms with Crippen molar-refractivity contribution in [3.8, 4) is 5.88 Å². The molecule has 1 aromatic carbocycles. The Labute approximate surface area is 276 Å². The average molecular weight is 671 g/mol. The maximum atomic E-state index is 6.98. The van der Waals surface area contributed by atoms with Crippen molar-refractivity contribution in [1.29, 1.82) is 0 Å². The molecule has 0 amide bonds. The van der Waals surface area contributed by atoms with Gasteiger partial charge in [-0.05, 0) is 72.9 Å². The molecule has 46 heavy (non-hydrogen) atoms. The first kappa shape index (κ1) is 35.1. The summed E-state index contributed by atoms with van der Waals surface area (Å²) in [4.78, 5) is 13.7. The van der Waals surface area contributed by atoms with Crippen LogP contribution in [0.15, 0.2) is 30.9 Å². The number of aromatic nitrogens is 4. The van der Waals surface area contributed by atoms with Gasteiger partial charge in [-0.1, -0.05) is 53.7 Å². The molecule has 1 fully saturated rings. The summed E-state index contributed by atoms with van der Waals surface area (Å²) in [6, 6.07) is 6.24. The first-order chi connectivity index (χ1) is 21.3. The van der Waals surface area contributed by atoms with Gasteiger partial charge < -0.3 is 27.8 Å². The first-order valence-electron chi connectivity index (χ1n) is 16.4. The molecule has 0 spiro atoms. The minimum Gasteiger partial charge on any atom is -0.471 e. The Morgan fingerprint density at radius 2 is 1.59 bits per heavy atom. The summed E-state index contributed by atoms with van der Waals surface area (Å²) in [6.45, 7) is 28.4. The lowest BCUT2D eigenvalue weighted by molar-refractivity contribution is -0.219. The van der Waals surface area contributed by atoms with Crippen LogP contribution < -0.4 is 4.74 Å². The van der Waals surface area contributed by atoms with Gasteiger partial charge in [0.1, 0.15) is 25.3 Å². The second kappa shape index (κ2) is 12.7. The number of fused-ring (bicyclic) bond motifs is 2. The Morgan fingerprint density at radius 1 is 0.913 bits per heavy atom. The van der Waals surface area contributed by atoms with Crippen molar-refractivity contribution >= 4 is 27.8 Å². The first-order valence-corrected chi connectivity index (χ1v) is 22.2. The zero-order chi connectivity index (χ0) is 33.7. The predicted molar refractivity (Wildman–Crippen MR) is 183 cm³/mol. The Kier molecular flexibility index (Phi) is 9.68. The van der Waals surface area contributed by atoms with E-state index in [1.165, 1.54) is 6.33 Å². The van der Waals surface area contributed by atoms with Crippen LogP contribution in [0.1, 0.15) is 84.7 Å². The van der Waals surface area contributed by atoms with E-state index in [9.17, 15) is 0 Å². The van der Waals surface area contributed by atoms with Crippen molar-refractivity contribution in [3.05, 3.63) is 47.5 Å². The van der Waals surface area contributed by atoms with Gasteiger partial charge in [0.2, 0.25) is 5.88 Å². The molecule has 0 unspecified atom stereocenters. The van der Waals surface area contributed by atoms with E-state index in [2.05, 4.69) is 95.9 Å². The largest absolute Gasteiger partial charge is 0.471 e. The van der Waals surface area contributed by atoms with Gasteiger partial charge in [-0.3, -0.25) is 4.57 Å². The Balaban J connectivity index is 1.34. The highest BCUT2D eigenvalue weighted by molar-refractivity contribution is 6.74. The molecule has 3 atom stereocenters. The van der Waals surface area contributed by atoms with E-state index in [-0.39, 0.29) is 28.5 Å². The molecule has 2 aliphatic rings. The topological polar surface area (TPSA) is 99.0 Å². The Morgan fingerprint density at radius 3 is 2.26 bits per heavy atom. The van der Waals surface area contributed by atoms with Crippen molar-refractivity contribution in [2.24, 2.45) is 0 Å². The molecule has 0 radical (unpaired) electrons. The number of benzene rings is 1. The van der Waals surface area contributed by atoms with E-state index in [4.69, 9.17) is 32.8 Å². The van der Waals surface area contributed by atoms with Gasteiger partial charge >= 0.3 is 0 Å². The van der Waals surface area contributed by atoms with Crippen LogP contribution in [0.25, 0.3) is 11.2 Å². The highest BCUT2D eigenvalue weighted by Crippen LogP contribution is 2.43. The minimum absolute atomic E-state index is 0.0752. The number of hydrogen-bond donors (Lipinski definition) is 0. The SMILES string of the molecule is CC1(C)OCc2ccc(COc3ncnc4c3ncn4[C@H]3C[C@H](O[Si](C)(C)C(C)(C)C)[C@@H](CO[Si](C)(C)C(C)(C)C)O3)cc2CO1. The monoisotopic (exact) mass is 670 g/mol. The summed E-state index contributed by atoms with van der Waals surface area (Å²) < 4.78 is 40.4. The zero-order valence-corrected chi connectivity index (χ0v) is 31.9. The molecule has 0 N–H and O–H groups in total. The maximum Gasteiger partial charge on any atom is 0.245 e. The third-order valence-electron chi connectivity index (χ3n) is 10.3. The van der Waals surface area contributed by atoms with Crippen LogP contribution >= 0.6 is 0 Å². The number of imidazole rings is 1. The number of ether oxygens (including phenoxy) is 4. The van der Waals surface area contributed by atoms with Gasteiger partial charge in [-0.2, -0.15) is 4.98 Å². The van der Waals surface area contributed by atoms with E-state index in [0.717, 1.165) is 16.7 Å². The lowest BCUT2D eigenvalue weighted by atomic mass is 10.1. The summed E-state index contributed by atoms with van der Waals surface area (Å²) in [7, 11) is -4.06. The summed E-state index contributed by atoms with van der Waals surface area (Å²) in [5.41, 5.74) is 4.51. The summed E-state index contributed by atoms with van der Waals surface area (Å²) in [6.07, 6.45) is 3.39. The molecule has 12 heteroatoms. The number of hydrogen-bond acceptors (Lipinski definition) is 9. The molecule has 0 saturated carbocycles. The molecule has 10 nitrogen and oxygen atoms in total. The van der Waals surface area contributed by atoms with Gasteiger partial charge in [0.15, 0.2) is 33.6 Å². The average Bonchev–Trinajstić information content (AvgIpc) is 3.52. The second-order valence-electron chi connectivity index (χ2n) is 16.2. The van der Waals surface area contributed by atoms with Crippen molar-refractivity contribution in [3.63, 3.8) is 0 Å². The molecular formula is C34H54N4O6Si2. The van der Waals surface area contributed by atoms with E-state index < -0.39 is 22.4 Å². The van der Waals surface area contributed by atoms with Crippen LogP contribution in [-0.2, 0) is 42.9 Å². The standard InChI is InChI=1S/C34H54N4O6Si2/c1-32(2,3)45(9,10)42-20-27-26(44-46(11,12)33(4,5)6)16-28(43-27)38-22-37-29-30(38)35-21-36-31(29)39-17-23-13-14-24-18-40-34(7,8)41-19-25(24)15-23/h13-15,21-22,26-28H,16-20H2,1-12H3/t26-,27+,28+/m0/s1. The van der Waals surface area contributed by atoms with Crippen LogP contribution in [0.5, 0.6) is 5.88 Å².